The van der Waals surface area contributed by atoms with Crippen LogP contribution in [0.5, 0.6) is 0 Å². The molecule has 0 atom stereocenters. The molecule has 1 heterocycles. The predicted octanol–water partition coefficient (Wildman–Crippen LogP) is 0.596. The number of hydrogen-bond donors (Lipinski definition) is 2. The zero-order valence-electron chi connectivity index (χ0n) is 7.64. The SMILES string of the molecule is CONNC(=NCl)N(C#N)c1cncs1. The molecule has 0 fully saturated rings. The molecule has 0 saturated heterocycles. The van der Waals surface area contributed by atoms with E-state index in [0.717, 1.165) is 4.90 Å². The first kappa shape index (κ1) is 11.7. The van der Waals surface area contributed by atoms with Crippen molar-refractivity contribution in [3.63, 3.8) is 0 Å². The van der Waals surface area contributed by atoms with Crippen LogP contribution in [0, 0.1) is 11.5 Å². The number of nitrogens with one attached hydrogen (secondary N) is 2. The van der Waals surface area contributed by atoms with E-state index in [1.54, 1.807) is 5.51 Å². The van der Waals surface area contributed by atoms with Crippen molar-refractivity contribution in [1.82, 2.24) is 16.0 Å². The van der Waals surface area contributed by atoms with Gasteiger partial charge in [-0.2, -0.15) is 5.26 Å². The Kier molecular flexibility index (Phi) is 4.79. The molecule has 0 bridgehead atoms. The number of hydrogen-bond acceptors (Lipinski definition) is 6. The molecule has 1 rings (SSSR count). The highest BCUT2D eigenvalue weighted by Gasteiger charge is 2.14. The first-order valence-electron chi connectivity index (χ1n) is 3.64. The number of rotatable bonds is 3. The molecular weight excluding hydrogens is 240 g/mol. The van der Waals surface area contributed by atoms with E-state index >= 15 is 0 Å². The average molecular weight is 247 g/mol. The highest BCUT2D eigenvalue weighted by molar-refractivity contribution is 7.14. The molecule has 2 N–H and O–H groups in total. The molecular formula is C6H7ClN6OS. The Morgan fingerprint density at radius 2 is 2.67 bits per heavy atom. The lowest BCUT2D eigenvalue weighted by Gasteiger charge is -2.15. The van der Waals surface area contributed by atoms with Gasteiger partial charge in [0.1, 0.15) is 5.00 Å². The zero-order valence-corrected chi connectivity index (χ0v) is 9.21. The fourth-order valence-corrected chi connectivity index (χ4v) is 1.43. The molecule has 0 spiro atoms. The fourth-order valence-electron chi connectivity index (χ4n) is 0.732. The lowest BCUT2D eigenvalue weighted by atomic mass is 10.7. The maximum absolute atomic E-state index is 8.91. The van der Waals surface area contributed by atoms with Gasteiger partial charge in [-0.1, -0.05) is 0 Å². The second-order valence-electron chi connectivity index (χ2n) is 2.11. The summed E-state index contributed by atoms with van der Waals surface area (Å²) in [4.78, 5) is 9.54. The molecule has 0 aliphatic carbocycles. The van der Waals surface area contributed by atoms with Crippen LogP contribution in [0.2, 0.25) is 0 Å². The van der Waals surface area contributed by atoms with E-state index in [1.807, 2.05) is 6.19 Å². The van der Waals surface area contributed by atoms with Gasteiger partial charge in [0.05, 0.1) is 18.8 Å². The summed E-state index contributed by atoms with van der Waals surface area (Å²) < 4.78 is 3.37. The van der Waals surface area contributed by atoms with Crippen LogP contribution in [0.1, 0.15) is 0 Å². The fraction of sp³-hybridized carbons (Fsp3) is 0.167. The third kappa shape index (κ3) is 3.03. The highest BCUT2D eigenvalue weighted by atomic mass is 35.5. The Balaban J connectivity index is 2.78. The minimum atomic E-state index is 0.0882. The van der Waals surface area contributed by atoms with E-state index in [4.69, 9.17) is 17.0 Å². The third-order valence-electron chi connectivity index (χ3n) is 1.30. The summed E-state index contributed by atoms with van der Waals surface area (Å²) in [6.07, 6.45) is 3.41. The van der Waals surface area contributed by atoms with Crippen LogP contribution in [0.4, 0.5) is 5.00 Å². The largest absolute Gasteiger partial charge is 0.286 e. The van der Waals surface area contributed by atoms with E-state index < -0.39 is 0 Å². The summed E-state index contributed by atoms with van der Waals surface area (Å²) in [5.74, 6) is 0.0882. The second kappa shape index (κ2) is 6.15. The molecule has 80 valence electrons. The summed E-state index contributed by atoms with van der Waals surface area (Å²) in [6.45, 7) is 0. The summed E-state index contributed by atoms with van der Waals surface area (Å²) in [7, 11) is 1.41. The molecule has 0 saturated carbocycles. The topological polar surface area (TPSA) is 85.6 Å². The Bertz CT molecular complexity index is 360. The van der Waals surface area contributed by atoms with Crippen LogP contribution in [-0.4, -0.2) is 18.1 Å². The minimum absolute atomic E-state index is 0.0882. The Morgan fingerprint density at radius 1 is 1.87 bits per heavy atom. The first-order valence-corrected chi connectivity index (χ1v) is 4.86. The number of aromatic nitrogens is 1. The van der Waals surface area contributed by atoms with Gasteiger partial charge in [0.25, 0.3) is 0 Å². The number of anilines is 1. The van der Waals surface area contributed by atoms with Crippen molar-refractivity contribution in [3.05, 3.63) is 11.7 Å². The molecule has 9 heteroatoms. The van der Waals surface area contributed by atoms with Gasteiger partial charge in [0.2, 0.25) is 5.96 Å². The van der Waals surface area contributed by atoms with E-state index in [0.29, 0.717) is 5.00 Å². The molecule has 0 aliphatic rings. The molecule has 15 heavy (non-hydrogen) atoms. The molecule has 1 aromatic heterocycles. The molecule has 0 unspecified atom stereocenters. The summed E-state index contributed by atoms with van der Waals surface area (Å²) in [6, 6.07) is 0. The van der Waals surface area contributed by atoms with Crippen molar-refractivity contribution in [1.29, 1.82) is 5.26 Å². The number of guanidine groups is 1. The standard InChI is InChI=1S/C6H7ClN6OS/c1-14-12-11-6(10-7)13(3-8)5-2-9-4-15-5/h2,4,12H,1H3,(H,10,11). The average Bonchev–Trinajstić information content (AvgIpc) is 2.77. The van der Waals surface area contributed by atoms with Gasteiger partial charge in [-0.3, -0.25) is 15.2 Å². The number of halogens is 1. The van der Waals surface area contributed by atoms with Crippen molar-refractivity contribution >= 4 is 34.1 Å². The molecule has 0 aliphatic heterocycles. The minimum Gasteiger partial charge on any atom is -0.286 e. The van der Waals surface area contributed by atoms with Gasteiger partial charge in [0.15, 0.2) is 6.19 Å². The van der Waals surface area contributed by atoms with Crippen LogP contribution < -0.4 is 15.9 Å². The van der Waals surface area contributed by atoms with Gasteiger partial charge in [0, 0.05) is 11.8 Å². The van der Waals surface area contributed by atoms with Crippen LogP contribution in [0.3, 0.4) is 0 Å². The lowest BCUT2D eigenvalue weighted by molar-refractivity contribution is 0.0732. The highest BCUT2D eigenvalue weighted by Crippen LogP contribution is 2.18. The third-order valence-corrected chi connectivity index (χ3v) is 2.21. The molecule has 0 radical (unpaired) electrons. The predicted molar refractivity (Wildman–Crippen MR) is 56.8 cm³/mol. The van der Waals surface area contributed by atoms with Gasteiger partial charge in [-0.05, 0) is 0 Å². The maximum atomic E-state index is 8.91. The van der Waals surface area contributed by atoms with Crippen LogP contribution in [-0.2, 0) is 4.84 Å². The van der Waals surface area contributed by atoms with Crippen LogP contribution in [0.15, 0.2) is 16.2 Å². The molecule has 7 nitrogen and oxygen atoms in total. The van der Waals surface area contributed by atoms with Gasteiger partial charge < -0.3 is 0 Å². The number of nitrogens with zero attached hydrogens (tertiary/aromatic N) is 4. The lowest BCUT2D eigenvalue weighted by Crippen LogP contribution is -2.45. The van der Waals surface area contributed by atoms with Crippen molar-refractivity contribution in [2.45, 2.75) is 0 Å². The van der Waals surface area contributed by atoms with Gasteiger partial charge in [-0.15, -0.1) is 21.4 Å². The maximum Gasteiger partial charge on any atom is 0.246 e. The van der Waals surface area contributed by atoms with E-state index in [9.17, 15) is 0 Å². The van der Waals surface area contributed by atoms with Crippen molar-refractivity contribution < 1.29 is 4.84 Å². The van der Waals surface area contributed by atoms with Crippen LogP contribution in [0.25, 0.3) is 0 Å². The summed E-state index contributed by atoms with van der Waals surface area (Å²) in [5.41, 5.74) is 6.38. The summed E-state index contributed by atoms with van der Waals surface area (Å²) >= 11 is 6.59. The normalized spacial score (nSPS) is 10.9. The van der Waals surface area contributed by atoms with E-state index in [1.165, 1.54) is 24.6 Å². The van der Waals surface area contributed by atoms with Crippen molar-refractivity contribution in [2.75, 3.05) is 12.0 Å². The second-order valence-corrected chi connectivity index (χ2v) is 3.15. The smallest absolute Gasteiger partial charge is 0.246 e. The first-order chi connectivity index (χ1) is 7.33. The quantitative estimate of drug-likeness (QED) is 0.267. The van der Waals surface area contributed by atoms with E-state index in [-0.39, 0.29) is 5.96 Å². The monoisotopic (exact) mass is 246 g/mol. The van der Waals surface area contributed by atoms with Crippen LogP contribution >= 0.6 is 23.1 Å². The number of hydrazine groups is 1. The number of thiazole rings is 1. The molecule has 0 aromatic carbocycles. The van der Waals surface area contributed by atoms with Gasteiger partial charge >= 0.3 is 0 Å². The molecule has 0 amide bonds. The molecule has 1 aromatic rings. The van der Waals surface area contributed by atoms with Crippen molar-refractivity contribution in [3.8, 4) is 6.19 Å². The van der Waals surface area contributed by atoms with Crippen molar-refractivity contribution in [2.24, 2.45) is 4.51 Å². The Morgan fingerprint density at radius 3 is 3.13 bits per heavy atom. The Labute approximate surface area is 95.0 Å². The zero-order chi connectivity index (χ0) is 11.1. The summed E-state index contributed by atoms with van der Waals surface area (Å²) in [5, 5.41) is 9.49. The van der Waals surface area contributed by atoms with Gasteiger partial charge in [-0.25, -0.2) is 4.90 Å². The number of nitriles is 1. The van der Waals surface area contributed by atoms with E-state index in [2.05, 4.69) is 25.3 Å². The Hall–Kier alpha value is -1.40.